The molecule has 0 unspecified atom stereocenters. The van der Waals surface area contributed by atoms with Crippen LogP contribution in [-0.2, 0) is 11.3 Å². The van der Waals surface area contributed by atoms with Crippen molar-refractivity contribution < 1.29 is 9.47 Å². The smallest absolute Gasteiger partial charge is 0.213 e. The maximum atomic E-state index is 9.48. The quantitative estimate of drug-likeness (QED) is 0.645. The molecular formula is C21H22N4O2. The number of ether oxygens (including phenoxy) is 2. The fourth-order valence-electron chi connectivity index (χ4n) is 2.96. The van der Waals surface area contributed by atoms with Crippen LogP contribution >= 0.6 is 0 Å². The molecule has 0 aliphatic heterocycles. The molecule has 6 heteroatoms. The molecular weight excluding hydrogens is 340 g/mol. The highest BCUT2D eigenvalue weighted by atomic mass is 16.5. The molecule has 0 saturated carbocycles. The number of hydrogen-bond acceptors (Lipinski definition) is 6. The minimum Gasteiger partial charge on any atom is -0.475 e. The van der Waals surface area contributed by atoms with E-state index in [-0.39, 0.29) is 0 Å². The van der Waals surface area contributed by atoms with Gasteiger partial charge >= 0.3 is 0 Å². The fraction of sp³-hybridized carbons (Fsp3) is 0.286. The summed E-state index contributed by atoms with van der Waals surface area (Å²) < 4.78 is 10.4. The first-order valence-electron chi connectivity index (χ1n) is 8.73. The van der Waals surface area contributed by atoms with Crippen molar-refractivity contribution in [2.45, 2.75) is 20.4 Å². The lowest BCUT2D eigenvalue weighted by Gasteiger charge is -2.13. The van der Waals surface area contributed by atoms with Crippen LogP contribution in [0.3, 0.4) is 0 Å². The third-order valence-corrected chi connectivity index (χ3v) is 4.23. The Kier molecular flexibility index (Phi) is 5.84. The number of methoxy groups -OCH3 is 1. The van der Waals surface area contributed by atoms with Crippen LogP contribution in [-0.4, -0.2) is 30.3 Å². The number of nitriles is 1. The first-order valence-corrected chi connectivity index (χ1v) is 8.73. The Labute approximate surface area is 158 Å². The van der Waals surface area contributed by atoms with Gasteiger partial charge in [0, 0.05) is 37.5 Å². The standard InChI is InChI=1S/C21H22N4O2/c1-14-8-15(2)20-18(9-14)21(17(10-22)13-25-20)24-12-16-4-5-19(23-11-16)27-7-6-26-3/h4-5,8-9,11,13H,6-7,12H2,1-3H3,(H,24,25). The van der Waals surface area contributed by atoms with Crippen molar-refractivity contribution in [3.8, 4) is 11.9 Å². The van der Waals surface area contributed by atoms with Crippen LogP contribution in [0, 0.1) is 25.2 Å². The van der Waals surface area contributed by atoms with Gasteiger partial charge in [0.15, 0.2) is 0 Å². The second kappa shape index (κ2) is 8.47. The van der Waals surface area contributed by atoms with Crippen LogP contribution in [0.5, 0.6) is 5.88 Å². The number of benzene rings is 1. The third-order valence-electron chi connectivity index (χ3n) is 4.23. The van der Waals surface area contributed by atoms with E-state index in [1.165, 1.54) is 0 Å². The summed E-state index contributed by atoms with van der Waals surface area (Å²) in [7, 11) is 1.63. The van der Waals surface area contributed by atoms with Gasteiger partial charge in [-0.15, -0.1) is 0 Å². The second-order valence-electron chi connectivity index (χ2n) is 6.34. The van der Waals surface area contributed by atoms with Gasteiger partial charge in [0.2, 0.25) is 5.88 Å². The average Bonchev–Trinajstić information content (AvgIpc) is 2.67. The number of hydrogen-bond donors (Lipinski definition) is 1. The van der Waals surface area contributed by atoms with Crippen molar-refractivity contribution in [3.05, 3.63) is 58.9 Å². The Bertz CT molecular complexity index is 978. The highest BCUT2D eigenvalue weighted by Crippen LogP contribution is 2.29. The summed E-state index contributed by atoms with van der Waals surface area (Å²) in [5.74, 6) is 0.564. The number of rotatable bonds is 7. The Morgan fingerprint density at radius 1 is 1.11 bits per heavy atom. The zero-order chi connectivity index (χ0) is 19.2. The lowest BCUT2D eigenvalue weighted by Crippen LogP contribution is -2.06. The number of nitrogens with one attached hydrogen (secondary N) is 1. The molecule has 3 rings (SSSR count). The molecule has 6 nitrogen and oxygen atoms in total. The third kappa shape index (κ3) is 4.33. The molecule has 0 aliphatic rings. The first kappa shape index (κ1) is 18.6. The Morgan fingerprint density at radius 2 is 1.96 bits per heavy atom. The normalized spacial score (nSPS) is 10.6. The minimum atomic E-state index is 0.467. The number of aryl methyl sites for hydroxylation is 2. The predicted octanol–water partition coefficient (Wildman–Crippen LogP) is 3.76. The van der Waals surface area contributed by atoms with Crippen molar-refractivity contribution in [2.75, 3.05) is 25.6 Å². The van der Waals surface area contributed by atoms with E-state index in [1.807, 2.05) is 26.0 Å². The molecule has 0 radical (unpaired) electrons. The van der Waals surface area contributed by atoms with E-state index >= 15 is 0 Å². The number of pyridine rings is 2. The highest BCUT2D eigenvalue weighted by molar-refractivity contribution is 5.96. The summed E-state index contributed by atoms with van der Waals surface area (Å²) >= 11 is 0. The lowest BCUT2D eigenvalue weighted by molar-refractivity contribution is 0.143. The summed E-state index contributed by atoms with van der Waals surface area (Å²) in [6, 6.07) is 10.2. The molecule has 0 aliphatic carbocycles. The van der Waals surface area contributed by atoms with Gasteiger partial charge in [0.05, 0.1) is 23.4 Å². The molecule has 2 aromatic heterocycles. The average molecular weight is 362 g/mol. The van der Waals surface area contributed by atoms with Crippen molar-refractivity contribution in [2.24, 2.45) is 0 Å². The summed E-state index contributed by atoms with van der Waals surface area (Å²) in [6.45, 7) is 5.61. The lowest BCUT2D eigenvalue weighted by atomic mass is 10.0. The Morgan fingerprint density at radius 3 is 2.67 bits per heavy atom. The number of aromatic nitrogens is 2. The Balaban J connectivity index is 1.81. The van der Waals surface area contributed by atoms with Gasteiger partial charge in [-0.05, 0) is 31.0 Å². The van der Waals surface area contributed by atoms with Crippen LogP contribution < -0.4 is 10.1 Å². The second-order valence-corrected chi connectivity index (χ2v) is 6.34. The number of nitrogens with zero attached hydrogens (tertiary/aromatic N) is 3. The monoisotopic (exact) mass is 362 g/mol. The van der Waals surface area contributed by atoms with E-state index in [9.17, 15) is 5.26 Å². The van der Waals surface area contributed by atoms with E-state index < -0.39 is 0 Å². The highest BCUT2D eigenvalue weighted by Gasteiger charge is 2.11. The summed E-state index contributed by atoms with van der Waals surface area (Å²) in [6.07, 6.45) is 3.39. The van der Waals surface area contributed by atoms with Crippen molar-refractivity contribution in [1.29, 1.82) is 5.26 Å². The van der Waals surface area contributed by atoms with E-state index in [0.29, 0.717) is 31.2 Å². The van der Waals surface area contributed by atoms with Gasteiger partial charge in [-0.1, -0.05) is 17.7 Å². The van der Waals surface area contributed by atoms with Gasteiger partial charge in [-0.3, -0.25) is 4.98 Å². The molecule has 0 bridgehead atoms. The molecule has 1 N–H and O–H groups in total. The molecule has 1 aromatic carbocycles. The molecule has 0 fully saturated rings. The van der Waals surface area contributed by atoms with Crippen molar-refractivity contribution in [3.63, 3.8) is 0 Å². The molecule has 138 valence electrons. The summed E-state index contributed by atoms with van der Waals surface area (Å²) in [4.78, 5) is 8.75. The van der Waals surface area contributed by atoms with E-state index in [2.05, 4.69) is 33.5 Å². The number of fused-ring (bicyclic) bond motifs is 1. The summed E-state index contributed by atoms with van der Waals surface area (Å²) in [5.41, 5.74) is 5.46. The fourth-order valence-corrected chi connectivity index (χ4v) is 2.96. The zero-order valence-corrected chi connectivity index (χ0v) is 15.7. The van der Waals surface area contributed by atoms with Gasteiger partial charge in [0.1, 0.15) is 12.7 Å². The van der Waals surface area contributed by atoms with Gasteiger partial charge in [0.25, 0.3) is 0 Å². The van der Waals surface area contributed by atoms with E-state index in [4.69, 9.17) is 9.47 Å². The van der Waals surface area contributed by atoms with Crippen LogP contribution in [0.25, 0.3) is 10.9 Å². The molecule has 3 aromatic rings. The number of anilines is 1. The van der Waals surface area contributed by atoms with Crippen LogP contribution in [0.15, 0.2) is 36.7 Å². The van der Waals surface area contributed by atoms with Crippen LogP contribution in [0.4, 0.5) is 5.69 Å². The van der Waals surface area contributed by atoms with Crippen molar-refractivity contribution >= 4 is 16.6 Å². The van der Waals surface area contributed by atoms with Gasteiger partial charge in [-0.25, -0.2) is 4.98 Å². The molecule has 2 heterocycles. The van der Waals surface area contributed by atoms with E-state index in [0.717, 1.165) is 33.3 Å². The molecule has 0 atom stereocenters. The van der Waals surface area contributed by atoms with Gasteiger partial charge < -0.3 is 14.8 Å². The van der Waals surface area contributed by atoms with E-state index in [1.54, 1.807) is 19.5 Å². The molecule has 27 heavy (non-hydrogen) atoms. The van der Waals surface area contributed by atoms with Crippen molar-refractivity contribution in [1.82, 2.24) is 9.97 Å². The molecule has 0 saturated heterocycles. The minimum absolute atomic E-state index is 0.467. The van der Waals surface area contributed by atoms with Gasteiger partial charge in [-0.2, -0.15) is 5.26 Å². The maximum absolute atomic E-state index is 9.48. The Hall–Kier alpha value is -3.17. The SMILES string of the molecule is COCCOc1ccc(CNc2c(C#N)cnc3c(C)cc(C)cc23)cn1. The first-order chi connectivity index (χ1) is 13.1. The van der Waals surface area contributed by atoms with Crippen LogP contribution in [0.1, 0.15) is 22.3 Å². The molecule has 0 amide bonds. The predicted molar refractivity (Wildman–Crippen MR) is 105 cm³/mol. The van der Waals surface area contributed by atoms with Crippen LogP contribution in [0.2, 0.25) is 0 Å². The topological polar surface area (TPSA) is 80.1 Å². The molecule has 0 spiro atoms. The summed E-state index contributed by atoms with van der Waals surface area (Å²) in [5, 5.41) is 13.8. The largest absolute Gasteiger partial charge is 0.475 e. The zero-order valence-electron chi connectivity index (χ0n) is 15.7. The maximum Gasteiger partial charge on any atom is 0.213 e.